The molecule has 1 fully saturated rings. The molecule has 1 N–H and O–H groups in total. The Bertz CT molecular complexity index is 249. The third-order valence-corrected chi connectivity index (χ3v) is 2.51. The van der Waals surface area contributed by atoms with Crippen LogP contribution < -0.4 is 5.32 Å². The Labute approximate surface area is 97.0 Å². The number of ether oxygens (including phenoxy) is 2. The van der Waals surface area contributed by atoms with Gasteiger partial charge in [-0.25, -0.2) is 0 Å². The van der Waals surface area contributed by atoms with Crippen LogP contribution in [0.5, 0.6) is 0 Å². The molecule has 0 aromatic carbocycles. The Hall–Kier alpha value is -0.870. The van der Waals surface area contributed by atoms with E-state index in [4.69, 9.17) is 9.47 Å². The average molecular weight is 227 g/mol. The van der Waals surface area contributed by atoms with Gasteiger partial charge in [-0.05, 0) is 25.7 Å². The van der Waals surface area contributed by atoms with Gasteiger partial charge in [0.05, 0.1) is 20.3 Å². The molecule has 92 valence electrons. The fourth-order valence-electron chi connectivity index (χ4n) is 1.53. The van der Waals surface area contributed by atoms with Gasteiger partial charge in [0.15, 0.2) is 0 Å². The molecule has 1 aliphatic carbocycles. The lowest BCUT2D eigenvalue weighted by molar-refractivity contribution is -0.143. The van der Waals surface area contributed by atoms with Crippen LogP contribution in [0.4, 0.5) is 0 Å². The van der Waals surface area contributed by atoms with Crippen molar-refractivity contribution in [2.75, 3.05) is 26.9 Å². The van der Waals surface area contributed by atoms with E-state index in [9.17, 15) is 4.79 Å². The topological polar surface area (TPSA) is 47.6 Å². The van der Waals surface area contributed by atoms with Crippen molar-refractivity contribution in [2.24, 2.45) is 5.92 Å². The molecule has 0 spiro atoms. The lowest BCUT2D eigenvalue weighted by Gasteiger charge is -2.15. The number of nitrogens with one attached hydrogen (secondary N) is 1. The second-order valence-electron chi connectivity index (χ2n) is 4.30. The van der Waals surface area contributed by atoms with Crippen LogP contribution in [-0.2, 0) is 14.3 Å². The molecule has 0 saturated heterocycles. The van der Waals surface area contributed by atoms with Crippen molar-refractivity contribution >= 4 is 5.97 Å². The molecule has 0 heterocycles. The zero-order chi connectivity index (χ0) is 12.0. The first-order chi connectivity index (χ1) is 7.65. The third kappa shape index (κ3) is 4.77. The fourth-order valence-corrected chi connectivity index (χ4v) is 1.53. The number of hydrogen-bond acceptors (Lipinski definition) is 4. The first-order valence-corrected chi connectivity index (χ1v) is 5.68. The van der Waals surface area contributed by atoms with Crippen LogP contribution in [0.25, 0.3) is 0 Å². The van der Waals surface area contributed by atoms with Gasteiger partial charge in [-0.3, -0.25) is 4.79 Å². The normalized spacial score (nSPS) is 16.9. The number of carbonyl (C=O) groups is 1. The van der Waals surface area contributed by atoms with E-state index in [0.717, 1.165) is 18.4 Å². The molecule has 0 aromatic rings. The second kappa shape index (κ2) is 6.66. The molecule has 1 unspecified atom stereocenters. The summed E-state index contributed by atoms with van der Waals surface area (Å²) in [7, 11) is 1.43. The van der Waals surface area contributed by atoms with Gasteiger partial charge in [0.1, 0.15) is 6.04 Å². The van der Waals surface area contributed by atoms with Crippen LogP contribution in [0.1, 0.15) is 19.8 Å². The molecule has 0 bridgehead atoms. The summed E-state index contributed by atoms with van der Waals surface area (Å²) < 4.78 is 10.1. The number of methoxy groups -OCH3 is 1. The quantitative estimate of drug-likeness (QED) is 0.383. The zero-order valence-corrected chi connectivity index (χ0v) is 10.1. The lowest BCUT2D eigenvalue weighted by atomic mass is 10.2. The highest BCUT2D eigenvalue weighted by Gasteiger charge is 2.36. The Kier molecular flexibility index (Phi) is 5.49. The summed E-state index contributed by atoms with van der Waals surface area (Å²) >= 11 is 0. The molecule has 0 radical (unpaired) electrons. The van der Waals surface area contributed by atoms with Gasteiger partial charge in [-0.1, -0.05) is 12.2 Å². The monoisotopic (exact) mass is 227 g/mol. The minimum Gasteiger partial charge on any atom is -0.468 e. The van der Waals surface area contributed by atoms with E-state index < -0.39 is 0 Å². The summed E-state index contributed by atoms with van der Waals surface area (Å²) in [4.78, 5) is 11.4. The van der Waals surface area contributed by atoms with Crippen LogP contribution in [0, 0.1) is 5.92 Å². The molecule has 4 nitrogen and oxygen atoms in total. The van der Waals surface area contributed by atoms with E-state index in [0.29, 0.717) is 25.7 Å². The molecule has 0 aromatic heterocycles. The van der Waals surface area contributed by atoms with E-state index in [-0.39, 0.29) is 12.0 Å². The molecular weight excluding hydrogens is 206 g/mol. The van der Waals surface area contributed by atoms with Gasteiger partial charge in [-0.2, -0.15) is 0 Å². The lowest BCUT2D eigenvalue weighted by Crippen LogP contribution is -2.41. The first-order valence-electron chi connectivity index (χ1n) is 5.68. The summed E-state index contributed by atoms with van der Waals surface area (Å²) in [6.45, 7) is 7.51. The highest BCUT2D eigenvalue weighted by atomic mass is 16.5. The maximum atomic E-state index is 11.4. The Morgan fingerprint density at radius 2 is 2.25 bits per heavy atom. The zero-order valence-electron chi connectivity index (χ0n) is 10.1. The molecule has 1 aliphatic rings. The minimum absolute atomic E-state index is 0.154. The minimum atomic E-state index is -0.164. The van der Waals surface area contributed by atoms with Gasteiger partial charge in [0, 0.05) is 6.54 Å². The molecule has 1 saturated carbocycles. The summed E-state index contributed by atoms with van der Waals surface area (Å²) in [6, 6.07) is -0.154. The van der Waals surface area contributed by atoms with Gasteiger partial charge >= 0.3 is 5.97 Å². The van der Waals surface area contributed by atoms with Gasteiger partial charge < -0.3 is 14.8 Å². The fraction of sp³-hybridized carbons (Fsp3) is 0.750. The van der Waals surface area contributed by atoms with E-state index in [1.807, 2.05) is 6.92 Å². The number of carbonyl (C=O) groups excluding carboxylic acids is 1. The standard InChI is InChI=1S/C12H21NO3/c1-9(2)8-16-7-6-13-11(10-4-5-10)12(14)15-3/h10-11,13H,1,4-8H2,2-3H3. The van der Waals surface area contributed by atoms with Gasteiger partial charge in [-0.15, -0.1) is 0 Å². The highest BCUT2D eigenvalue weighted by Crippen LogP contribution is 2.32. The van der Waals surface area contributed by atoms with Gasteiger partial charge in [0.25, 0.3) is 0 Å². The molecular formula is C12H21NO3. The first kappa shape index (κ1) is 13.2. The molecule has 0 amide bonds. The van der Waals surface area contributed by atoms with Crippen LogP contribution in [0.15, 0.2) is 12.2 Å². The number of rotatable bonds is 8. The van der Waals surface area contributed by atoms with E-state index in [2.05, 4.69) is 11.9 Å². The van der Waals surface area contributed by atoms with Crippen molar-refractivity contribution in [1.82, 2.24) is 5.32 Å². The van der Waals surface area contributed by atoms with Gasteiger partial charge in [0.2, 0.25) is 0 Å². The molecule has 16 heavy (non-hydrogen) atoms. The predicted octanol–water partition coefficient (Wildman–Crippen LogP) is 1.12. The largest absolute Gasteiger partial charge is 0.468 e. The number of esters is 1. The van der Waals surface area contributed by atoms with E-state index >= 15 is 0 Å². The molecule has 0 aliphatic heterocycles. The van der Waals surface area contributed by atoms with Crippen molar-refractivity contribution in [2.45, 2.75) is 25.8 Å². The van der Waals surface area contributed by atoms with Crippen LogP contribution in [0.2, 0.25) is 0 Å². The third-order valence-electron chi connectivity index (χ3n) is 2.51. The maximum Gasteiger partial charge on any atom is 0.323 e. The SMILES string of the molecule is C=C(C)COCCNC(C(=O)OC)C1CC1. The van der Waals surface area contributed by atoms with Crippen LogP contribution >= 0.6 is 0 Å². The van der Waals surface area contributed by atoms with Crippen molar-refractivity contribution in [1.29, 1.82) is 0 Å². The average Bonchev–Trinajstić information content (AvgIpc) is 3.05. The van der Waals surface area contributed by atoms with Crippen molar-refractivity contribution in [3.05, 3.63) is 12.2 Å². The van der Waals surface area contributed by atoms with E-state index in [1.54, 1.807) is 0 Å². The maximum absolute atomic E-state index is 11.4. The van der Waals surface area contributed by atoms with Crippen LogP contribution in [0.3, 0.4) is 0 Å². The summed E-state index contributed by atoms with van der Waals surface area (Å²) in [5, 5.41) is 3.18. The molecule has 4 heteroatoms. The summed E-state index contributed by atoms with van der Waals surface area (Å²) in [5.74, 6) is 0.288. The highest BCUT2D eigenvalue weighted by molar-refractivity contribution is 5.76. The smallest absolute Gasteiger partial charge is 0.323 e. The van der Waals surface area contributed by atoms with Crippen LogP contribution in [-0.4, -0.2) is 38.9 Å². The van der Waals surface area contributed by atoms with Crippen molar-refractivity contribution in [3.63, 3.8) is 0 Å². The van der Waals surface area contributed by atoms with E-state index in [1.165, 1.54) is 7.11 Å². The Morgan fingerprint density at radius 1 is 1.56 bits per heavy atom. The number of hydrogen-bond donors (Lipinski definition) is 1. The van der Waals surface area contributed by atoms with Crippen molar-refractivity contribution in [3.8, 4) is 0 Å². The molecule has 1 atom stereocenters. The summed E-state index contributed by atoms with van der Waals surface area (Å²) in [5.41, 5.74) is 1.01. The summed E-state index contributed by atoms with van der Waals surface area (Å²) in [6.07, 6.45) is 2.22. The predicted molar refractivity (Wildman–Crippen MR) is 62.2 cm³/mol. The Morgan fingerprint density at radius 3 is 2.75 bits per heavy atom. The second-order valence-corrected chi connectivity index (χ2v) is 4.30. The van der Waals surface area contributed by atoms with Crippen molar-refractivity contribution < 1.29 is 14.3 Å². The Balaban J connectivity index is 2.13. The molecule has 1 rings (SSSR count).